The molecule has 0 aliphatic heterocycles. The van der Waals surface area contributed by atoms with Gasteiger partial charge in [0, 0.05) is 13.0 Å². The number of nitrogens with one attached hydrogen (secondary N) is 2. The molecule has 1 saturated carbocycles. The molecule has 7 heteroatoms. The summed E-state index contributed by atoms with van der Waals surface area (Å²) in [5.74, 6) is -1.18. The Kier molecular flexibility index (Phi) is 3.79. The summed E-state index contributed by atoms with van der Waals surface area (Å²) in [5.41, 5.74) is -2.04. The lowest BCUT2D eigenvalue weighted by molar-refractivity contribution is -0.170. The van der Waals surface area contributed by atoms with Gasteiger partial charge >= 0.3 is 6.18 Å². The molecule has 17 heavy (non-hydrogen) atoms. The Balaban J connectivity index is 2.31. The summed E-state index contributed by atoms with van der Waals surface area (Å²) in [7, 11) is 0. The van der Waals surface area contributed by atoms with Crippen LogP contribution in [0.4, 0.5) is 13.2 Å². The Morgan fingerprint density at radius 3 is 2.35 bits per heavy atom. The SMILES string of the molecule is C=CC(=O)NCCC(=O)NC1(C(F)(F)F)CC1. The van der Waals surface area contributed by atoms with Crippen molar-refractivity contribution in [3.63, 3.8) is 0 Å². The Morgan fingerprint density at radius 1 is 1.35 bits per heavy atom. The molecule has 0 aromatic carbocycles. The van der Waals surface area contributed by atoms with Crippen molar-refractivity contribution in [3.8, 4) is 0 Å². The van der Waals surface area contributed by atoms with Gasteiger partial charge in [0.1, 0.15) is 5.54 Å². The van der Waals surface area contributed by atoms with E-state index in [4.69, 9.17) is 0 Å². The molecule has 2 amide bonds. The maximum absolute atomic E-state index is 12.5. The highest BCUT2D eigenvalue weighted by Gasteiger charge is 2.64. The molecular formula is C10H13F3N2O2. The van der Waals surface area contributed by atoms with Gasteiger partial charge in [-0.1, -0.05) is 6.58 Å². The third-order valence-corrected chi connectivity index (χ3v) is 2.51. The lowest BCUT2D eigenvalue weighted by Crippen LogP contribution is -2.48. The molecule has 0 bridgehead atoms. The second-order valence-electron chi connectivity index (χ2n) is 3.87. The fraction of sp³-hybridized carbons (Fsp3) is 0.600. The molecule has 0 aromatic heterocycles. The smallest absolute Gasteiger partial charge is 0.352 e. The summed E-state index contributed by atoms with van der Waals surface area (Å²) in [6.45, 7) is 3.19. The summed E-state index contributed by atoms with van der Waals surface area (Å²) >= 11 is 0. The van der Waals surface area contributed by atoms with Crippen molar-refractivity contribution in [2.24, 2.45) is 0 Å². The van der Waals surface area contributed by atoms with Crippen molar-refractivity contribution in [2.75, 3.05) is 6.54 Å². The van der Waals surface area contributed by atoms with E-state index in [9.17, 15) is 22.8 Å². The molecule has 0 saturated heterocycles. The molecule has 2 N–H and O–H groups in total. The summed E-state index contributed by atoms with van der Waals surface area (Å²) in [5, 5.41) is 4.27. The van der Waals surface area contributed by atoms with Gasteiger partial charge in [-0.15, -0.1) is 0 Å². The van der Waals surface area contributed by atoms with E-state index in [-0.39, 0.29) is 25.8 Å². The molecule has 1 rings (SSSR count). The number of carbonyl (C=O) groups excluding carboxylic acids is 2. The normalized spacial score (nSPS) is 17.1. The van der Waals surface area contributed by atoms with Crippen molar-refractivity contribution < 1.29 is 22.8 Å². The van der Waals surface area contributed by atoms with Crippen molar-refractivity contribution in [1.29, 1.82) is 0 Å². The maximum Gasteiger partial charge on any atom is 0.411 e. The zero-order valence-corrected chi connectivity index (χ0v) is 9.06. The van der Waals surface area contributed by atoms with Crippen LogP contribution in [0.5, 0.6) is 0 Å². The largest absolute Gasteiger partial charge is 0.411 e. The monoisotopic (exact) mass is 250 g/mol. The van der Waals surface area contributed by atoms with E-state index >= 15 is 0 Å². The van der Waals surface area contributed by atoms with Gasteiger partial charge < -0.3 is 10.6 Å². The van der Waals surface area contributed by atoms with E-state index < -0.39 is 23.5 Å². The van der Waals surface area contributed by atoms with Crippen LogP contribution in [0.3, 0.4) is 0 Å². The zero-order chi connectivity index (χ0) is 13.1. The molecule has 0 unspecified atom stereocenters. The van der Waals surface area contributed by atoms with Crippen LogP contribution in [0.2, 0.25) is 0 Å². The molecular weight excluding hydrogens is 237 g/mol. The molecule has 0 aromatic rings. The first kappa shape index (κ1) is 13.5. The van der Waals surface area contributed by atoms with Crippen LogP contribution in [0, 0.1) is 0 Å². The van der Waals surface area contributed by atoms with E-state index in [2.05, 4.69) is 11.9 Å². The summed E-state index contributed by atoms with van der Waals surface area (Å²) < 4.78 is 37.4. The van der Waals surface area contributed by atoms with E-state index in [0.29, 0.717) is 0 Å². The van der Waals surface area contributed by atoms with Gasteiger partial charge in [-0.25, -0.2) is 0 Å². The van der Waals surface area contributed by atoms with Gasteiger partial charge in [0.05, 0.1) is 0 Å². The van der Waals surface area contributed by atoms with Crippen molar-refractivity contribution in [1.82, 2.24) is 10.6 Å². The van der Waals surface area contributed by atoms with Gasteiger partial charge in [-0.3, -0.25) is 9.59 Å². The fourth-order valence-electron chi connectivity index (χ4n) is 1.31. The Hall–Kier alpha value is -1.53. The molecule has 0 atom stereocenters. The van der Waals surface area contributed by atoms with Crippen molar-refractivity contribution in [3.05, 3.63) is 12.7 Å². The number of hydrogen-bond donors (Lipinski definition) is 2. The number of halogens is 3. The molecule has 1 aliphatic carbocycles. The van der Waals surface area contributed by atoms with Crippen LogP contribution in [0.15, 0.2) is 12.7 Å². The molecule has 1 fully saturated rings. The first-order chi connectivity index (χ1) is 7.81. The quantitative estimate of drug-likeness (QED) is 0.712. The topological polar surface area (TPSA) is 58.2 Å². The van der Waals surface area contributed by atoms with Crippen molar-refractivity contribution in [2.45, 2.75) is 31.0 Å². The molecule has 0 spiro atoms. The molecule has 96 valence electrons. The maximum atomic E-state index is 12.5. The van der Waals surface area contributed by atoms with Gasteiger partial charge in [-0.05, 0) is 18.9 Å². The zero-order valence-electron chi connectivity index (χ0n) is 9.06. The van der Waals surface area contributed by atoms with Crippen LogP contribution >= 0.6 is 0 Å². The number of hydrogen-bond acceptors (Lipinski definition) is 2. The Bertz CT molecular complexity index is 335. The van der Waals surface area contributed by atoms with Gasteiger partial charge in [0.2, 0.25) is 11.8 Å². The van der Waals surface area contributed by atoms with Crippen LogP contribution in [0.25, 0.3) is 0 Å². The minimum absolute atomic E-state index is 0.00930. The molecule has 0 heterocycles. The minimum atomic E-state index is -4.41. The van der Waals surface area contributed by atoms with Gasteiger partial charge in [-0.2, -0.15) is 13.2 Å². The van der Waals surface area contributed by atoms with E-state index in [1.54, 1.807) is 0 Å². The average Bonchev–Trinajstić information content (AvgIpc) is 2.97. The van der Waals surface area contributed by atoms with Crippen LogP contribution < -0.4 is 10.6 Å². The third kappa shape index (κ3) is 3.47. The summed E-state index contributed by atoms with van der Waals surface area (Å²) in [6.07, 6.45) is -3.73. The Morgan fingerprint density at radius 2 is 1.94 bits per heavy atom. The lowest BCUT2D eigenvalue weighted by Gasteiger charge is -2.20. The standard InChI is InChI=1S/C10H13F3N2O2/c1-2-7(16)14-6-3-8(17)15-9(4-5-9)10(11,12)13/h2H,1,3-6H2,(H,14,16)(H,15,17). The first-order valence-electron chi connectivity index (χ1n) is 5.09. The summed E-state index contributed by atoms with van der Waals surface area (Å²) in [6, 6.07) is 0. The number of amides is 2. The van der Waals surface area contributed by atoms with Crippen LogP contribution in [0.1, 0.15) is 19.3 Å². The highest BCUT2D eigenvalue weighted by Crippen LogP contribution is 2.48. The lowest BCUT2D eigenvalue weighted by atomic mass is 10.2. The van der Waals surface area contributed by atoms with E-state index in [1.165, 1.54) is 0 Å². The van der Waals surface area contributed by atoms with Crippen LogP contribution in [-0.4, -0.2) is 30.1 Å². The second kappa shape index (κ2) is 4.77. The third-order valence-electron chi connectivity index (χ3n) is 2.51. The molecule has 0 radical (unpaired) electrons. The Labute approximate surface area is 96.2 Å². The molecule has 4 nitrogen and oxygen atoms in total. The van der Waals surface area contributed by atoms with Gasteiger partial charge in [0.15, 0.2) is 0 Å². The number of rotatable bonds is 5. The molecule has 1 aliphatic rings. The predicted octanol–water partition coefficient (Wildman–Crippen LogP) is 0.890. The average molecular weight is 250 g/mol. The van der Waals surface area contributed by atoms with E-state index in [0.717, 1.165) is 6.08 Å². The predicted molar refractivity (Wildman–Crippen MR) is 54.0 cm³/mol. The second-order valence-corrected chi connectivity index (χ2v) is 3.87. The number of alkyl halides is 3. The van der Waals surface area contributed by atoms with Gasteiger partial charge in [0.25, 0.3) is 0 Å². The van der Waals surface area contributed by atoms with E-state index in [1.807, 2.05) is 5.32 Å². The highest BCUT2D eigenvalue weighted by molar-refractivity contribution is 5.87. The fourth-order valence-corrected chi connectivity index (χ4v) is 1.31. The first-order valence-corrected chi connectivity index (χ1v) is 5.09. The highest BCUT2D eigenvalue weighted by atomic mass is 19.4. The van der Waals surface area contributed by atoms with Crippen LogP contribution in [-0.2, 0) is 9.59 Å². The van der Waals surface area contributed by atoms with Crippen molar-refractivity contribution >= 4 is 11.8 Å². The minimum Gasteiger partial charge on any atom is -0.352 e. The number of carbonyl (C=O) groups is 2. The summed E-state index contributed by atoms with van der Waals surface area (Å²) in [4.78, 5) is 21.9.